The van der Waals surface area contributed by atoms with Gasteiger partial charge in [-0.05, 0) is 57.8 Å². The summed E-state index contributed by atoms with van der Waals surface area (Å²) in [5.41, 5.74) is 0. The van der Waals surface area contributed by atoms with E-state index in [9.17, 15) is 0 Å². The molecule has 2 saturated heterocycles. The molecule has 3 heteroatoms. The van der Waals surface area contributed by atoms with Crippen LogP contribution in [0.4, 0.5) is 0 Å². The summed E-state index contributed by atoms with van der Waals surface area (Å²) < 4.78 is 5.36. The lowest BCUT2D eigenvalue weighted by atomic mass is 10.1. The number of hydrogen-bond donors (Lipinski definition) is 1. The molecule has 3 nitrogen and oxygen atoms in total. The normalized spacial score (nSPS) is 27.4. The van der Waals surface area contributed by atoms with Crippen LogP contribution in [0.2, 0.25) is 0 Å². The fraction of sp³-hybridized carbons (Fsp3) is 1.00. The van der Waals surface area contributed by atoms with E-state index < -0.39 is 0 Å². The molecule has 0 aromatic rings. The molecule has 0 radical (unpaired) electrons. The Labute approximate surface area is 99.5 Å². The molecule has 0 spiro atoms. The molecule has 2 rings (SSSR count). The lowest BCUT2D eigenvalue weighted by Crippen LogP contribution is -2.33. The van der Waals surface area contributed by atoms with Gasteiger partial charge in [0.2, 0.25) is 0 Å². The summed E-state index contributed by atoms with van der Waals surface area (Å²) >= 11 is 0. The Balaban J connectivity index is 1.42. The van der Waals surface area contributed by atoms with Crippen molar-refractivity contribution in [3.05, 3.63) is 0 Å². The first-order chi connectivity index (χ1) is 7.95. The van der Waals surface area contributed by atoms with Gasteiger partial charge in [-0.15, -0.1) is 0 Å². The van der Waals surface area contributed by atoms with Crippen LogP contribution in [0, 0.1) is 5.92 Å². The first-order valence-corrected chi connectivity index (χ1v) is 6.96. The molecule has 0 bridgehead atoms. The van der Waals surface area contributed by atoms with E-state index in [1.165, 1.54) is 58.3 Å². The van der Waals surface area contributed by atoms with E-state index in [2.05, 4.69) is 10.2 Å². The molecule has 1 unspecified atom stereocenters. The van der Waals surface area contributed by atoms with Crippen LogP contribution in [0.1, 0.15) is 32.1 Å². The molecule has 0 aliphatic carbocycles. The predicted octanol–water partition coefficient (Wildman–Crippen LogP) is 1.49. The molecule has 1 N–H and O–H groups in total. The number of ether oxygens (including phenoxy) is 1. The largest absolute Gasteiger partial charge is 0.381 e. The van der Waals surface area contributed by atoms with Crippen molar-refractivity contribution in [1.29, 1.82) is 0 Å². The quantitative estimate of drug-likeness (QED) is 0.695. The van der Waals surface area contributed by atoms with Crippen LogP contribution in [0.15, 0.2) is 0 Å². The Morgan fingerprint density at radius 2 is 2.06 bits per heavy atom. The zero-order valence-electron chi connectivity index (χ0n) is 10.4. The zero-order chi connectivity index (χ0) is 11.1. The highest BCUT2D eigenvalue weighted by atomic mass is 16.5. The lowest BCUT2D eigenvalue weighted by Gasteiger charge is -2.26. The highest BCUT2D eigenvalue weighted by Gasteiger charge is 2.14. The van der Waals surface area contributed by atoms with Crippen molar-refractivity contribution in [1.82, 2.24) is 10.2 Å². The fourth-order valence-corrected chi connectivity index (χ4v) is 2.66. The van der Waals surface area contributed by atoms with Gasteiger partial charge in [-0.1, -0.05) is 6.42 Å². The molecule has 94 valence electrons. The van der Waals surface area contributed by atoms with E-state index in [0.717, 1.165) is 25.7 Å². The molecule has 0 aromatic carbocycles. The second kappa shape index (κ2) is 7.25. The van der Waals surface area contributed by atoms with Crippen molar-refractivity contribution in [3.8, 4) is 0 Å². The first-order valence-electron chi connectivity index (χ1n) is 6.96. The number of nitrogens with one attached hydrogen (secondary N) is 1. The van der Waals surface area contributed by atoms with Gasteiger partial charge in [0, 0.05) is 13.2 Å². The maximum atomic E-state index is 5.36. The molecule has 2 heterocycles. The van der Waals surface area contributed by atoms with E-state index in [1.807, 2.05) is 0 Å². The first kappa shape index (κ1) is 12.3. The van der Waals surface area contributed by atoms with E-state index >= 15 is 0 Å². The number of nitrogens with zero attached hydrogens (tertiary/aromatic N) is 1. The maximum absolute atomic E-state index is 5.36. The zero-order valence-corrected chi connectivity index (χ0v) is 10.4. The minimum Gasteiger partial charge on any atom is -0.381 e. The minimum atomic E-state index is 0.773. The Morgan fingerprint density at radius 3 is 2.81 bits per heavy atom. The van der Waals surface area contributed by atoms with Crippen molar-refractivity contribution in [3.63, 3.8) is 0 Å². The van der Waals surface area contributed by atoms with Gasteiger partial charge in [0.25, 0.3) is 0 Å². The summed E-state index contributed by atoms with van der Waals surface area (Å²) in [5, 5.41) is 3.56. The molecular formula is C13H26N2O. The van der Waals surface area contributed by atoms with Gasteiger partial charge in [0.1, 0.15) is 0 Å². The smallest absolute Gasteiger partial charge is 0.0507 e. The van der Waals surface area contributed by atoms with Gasteiger partial charge in [0.15, 0.2) is 0 Å². The summed E-state index contributed by atoms with van der Waals surface area (Å²) in [5.74, 6) is 0.773. The summed E-state index contributed by atoms with van der Waals surface area (Å²) in [6.45, 7) is 8.22. The topological polar surface area (TPSA) is 24.5 Å². The summed E-state index contributed by atoms with van der Waals surface area (Å²) in [7, 11) is 0. The second-order valence-corrected chi connectivity index (χ2v) is 5.19. The third kappa shape index (κ3) is 4.40. The van der Waals surface area contributed by atoms with Crippen molar-refractivity contribution in [2.24, 2.45) is 5.92 Å². The maximum Gasteiger partial charge on any atom is 0.0507 e. The van der Waals surface area contributed by atoms with Gasteiger partial charge in [-0.3, -0.25) is 0 Å². The summed E-state index contributed by atoms with van der Waals surface area (Å²) in [6.07, 6.45) is 6.81. The molecule has 16 heavy (non-hydrogen) atoms. The Kier molecular flexibility index (Phi) is 5.59. The predicted molar refractivity (Wildman–Crippen MR) is 66.7 cm³/mol. The summed E-state index contributed by atoms with van der Waals surface area (Å²) in [6, 6.07) is 0. The average molecular weight is 226 g/mol. The monoisotopic (exact) mass is 226 g/mol. The van der Waals surface area contributed by atoms with Gasteiger partial charge in [-0.2, -0.15) is 0 Å². The molecule has 2 aliphatic heterocycles. The third-order valence-electron chi connectivity index (χ3n) is 3.73. The molecule has 0 amide bonds. The highest BCUT2D eigenvalue weighted by Crippen LogP contribution is 2.11. The Bertz CT molecular complexity index is 175. The van der Waals surface area contributed by atoms with Crippen LogP contribution >= 0.6 is 0 Å². The van der Waals surface area contributed by atoms with E-state index in [4.69, 9.17) is 4.74 Å². The molecule has 1 atom stereocenters. The number of hydrogen-bond acceptors (Lipinski definition) is 3. The molecule has 0 aromatic heterocycles. The van der Waals surface area contributed by atoms with Gasteiger partial charge < -0.3 is 15.0 Å². The van der Waals surface area contributed by atoms with Crippen LogP contribution in [0.5, 0.6) is 0 Å². The molecule has 0 saturated carbocycles. The van der Waals surface area contributed by atoms with Gasteiger partial charge in [-0.25, -0.2) is 0 Å². The van der Waals surface area contributed by atoms with Crippen LogP contribution in [0.25, 0.3) is 0 Å². The van der Waals surface area contributed by atoms with E-state index in [-0.39, 0.29) is 0 Å². The van der Waals surface area contributed by atoms with E-state index in [0.29, 0.717) is 0 Å². The van der Waals surface area contributed by atoms with Crippen LogP contribution in [-0.4, -0.2) is 50.8 Å². The minimum absolute atomic E-state index is 0.773. The summed E-state index contributed by atoms with van der Waals surface area (Å²) in [4.78, 5) is 2.61. The standard InChI is InChI=1S/C13H26N2O/c1-2-7-15(8-3-1)9-4-6-14-11-13-5-10-16-12-13/h13-14H,1-12H2. The molecule has 2 aliphatic rings. The lowest BCUT2D eigenvalue weighted by molar-refractivity contribution is 0.185. The number of piperidine rings is 1. The van der Waals surface area contributed by atoms with Crippen LogP contribution in [-0.2, 0) is 4.74 Å². The van der Waals surface area contributed by atoms with E-state index in [1.54, 1.807) is 0 Å². The van der Waals surface area contributed by atoms with Crippen molar-refractivity contribution < 1.29 is 4.74 Å². The molecular weight excluding hydrogens is 200 g/mol. The Morgan fingerprint density at radius 1 is 1.19 bits per heavy atom. The average Bonchev–Trinajstić information content (AvgIpc) is 2.83. The molecule has 2 fully saturated rings. The van der Waals surface area contributed by atoms with Gasteiger partial charge >= 0.3 is 0 Å². The fourth-order valence-electron chi connectivity index (χ4n) is 2.66. The van der Waals surface area contributed by atoms with Gasteiger partial charge in [0.05, 0.1) is 6.61 Å². The third-order valence-corrected chi connectivity index (χ3v) is 3.73. The Hall–Kier alpha value is -0.120. The SMILES string of the molecule is C1CCN(CCCNCC2CCOC2)CC1. The second-order valence-electron chi connectivity index (χ2n) is 5.19. The number of likely N-dealkylation sites (tertiary alicyclic amines) is 1. The highest BCUT2D eigenvalue weighted by molar-refractivity contribution is 4.68. The van der Waals surface area contributed by atoms with Crippen molar-refractivity contribution >= 4 is 0 Å². The van der Waals surface area contributed by atoms with Crippen molar-refractivity contribution in [2.75, 3.05) is 45.9 Å². The van der Waals surface area contributed by atoms with Crippen LogP contribution in [0.3, 0.4) is 0 Å². The van der Waals surface area contributed by atoms with Crippen LogP contribution < -0.4 is 5.32 Å². The van der Waals surface area contributed by atoms with Crippen molar-refractivity contribution in [2.45, 2.75) is 32.1 Å². The number of rotatable bonds is 6.